The number of aliphatic imine (C=N–C) groups is 1. The van der Waals surface area contributed by atoms with Gasteiger partial charge in [0.2, 0.25) is 0 Å². The Morgan fingerprint density at radius 3 is 2.83 bits per heavy atom. The highest BCUT2D eigenvalue weighted by molar-refractivity contribution is 6.32. The number of aromatic nitrogens is 1. The molecule has 2 N–H and O–H groups in total. The van der Waals surface area contributed by atoms with Crippen LogP contribution < -0.4 is 15.5 Å². The second kappa shape index (κ2) is 11.0. The Balaban J connectivity index is 1.45. The molecule has 1 aromatic heterocycles. The number of rotatable bonds is 7. The van der Waals surface area contributed by atoms with Crippen LogP contribution in [0.2, 0.25) is 5.02 Å². The van der Waals surface area contributed by atoms with Gasteiger partial charge in [0.25, 0.3) is 0 Å². The van der Waals surface area contributed by atoms with Gasteiger partial charge in [-0.15, -0.1) is 0 Å². The normalized spacial score (nSPS) is 26.0. The van der Waals surface area contributed by atoms with Crippen LogP contribution in [0.4, 0.5) is 5.82 Å². The molecule has 0 bridgehead atoms. The van der Waals surface area contributed by atoms with Gasteiger partial charge in [-0.3, -0.25) is 9.89 Å². The lowest BCUT2D eigenvalue weighted by molar-refractivity contribution is -0.0679. The van der Waals surface area contributed by atoms with Gasteiger partial charge in [-0.05, 0) is 45.7 Å². The van der Waals surface area contributed by atoms with Crippen LogP contribution in [0.5, 0.6) is 0 Å². The van der Waals surface area contributed by atoms with Crippen molar-refractivity contribution in [3.63, 3.8) is 0 Å². The molecule has 3 atom stereocenters. The fourth-order valence-electron chi connectivity index (χ4n) is 4.15. The zero-order valence-corrected chi connectivity index (χ0v) is 18.7. The van der Waals surface area contributed by atoms with Crippen LogP contribution in [0, 0.1) is 0 Å². The van der Waals surface area contributed by atoms with Gasteiger partial charge in [0, 0.05) is 58.1 Å². The van der Waals surface area contributed by atoms with E-state index in [1.807, 2.05) is 12.1 Å². The van der Waals surface area contributed by atoms with Gasteiger partial charge in [0.05, 0.1) is 17.2 Å². The summed E-state index contributed by atoms with van der Waals surface area (Å²) in [6, 6.07) is 4.10. The van der Waals surface area contributed by atoms with Gasteiger partial charge in [-0.2, -0.15) is 0 Å². The Kier molecular flexibility index (Phi) is 8.39. The third-order valence-corrected chi connectivity index (χ3v) is 5.60. The summed E-state index contributed by atoms with van der Waals surface area (Å²) in [7, 11) is 0. The average Bonchev–Trinajstić information content (AvgIpc) is 3.13. The van der Waals surface area contributed by atoms with Crippen molar-refractivity contribution in [2.75, 3.05) is 50.7 Å². The molecule has 0 aliphatic carbocycles. The minimum Gasteiger partial charge on any atom is -0.373 e. The van der Waals surface area contributed by atoms with E-state index in [0.717, 1.165) is 70.4 Å². The molecule has 2 aliphatic rings. The van der Waals surface area contributed by atoms with E-state index in [1.54, 1.807) is 6.20 Å². The summed E-state index contributed by atoms with van der Waals surface area (Å²) in [4.78, 5) is 14.0. The molecule has 2 saturated heterocycles. The Hall–Kier alpha value is -1.57. The maximum absolute atomic E-state index is 6.30. The number of nitrogens with one attached hydrogen (secondary N) is 2. The SMILES string of the molecule is CCNC(=NCCCN1CC(C)OC(C)C1)NC1CCN(c2ncccc2Cl)C1. The van der Waals surface area contributed by atoms with E-state index >= 15 is 0 Å². The van der Waals surface area contributed by atoms with E-state index in [-0.39, 0.29) is 0 Å². The number of nitrogens with zero attached hydrogens (tertiary/aromatic N) is 4. The first-order valence-electron chi connectivity index (χ1n) is 10.8. The predicted octanol–water partition coefficient (Wildman–Crippen LogP) is 2.37. The highest BCUT2D eigenvalue weighted by Crippen LogP contribution is 2.25. The lowest BCUT2D eigenvalue weighted by Gasteiger charge is -2.35. The predicted molar refractivity (Wildman–Crippen MR) is 120 cm³/mol. The first-order valence-corrected chi connectivity index (χ1v) is 11.2. The summed E-state index contributed by atoms with van der Waals surface area (Å²) < 4.78 is 5.81. The number of guanidine groups is 1. The average molecular weight is 423 g/mol. The molecule has 7 nitrogen and oxygen atoms in total. The molecular formula is C21H35ClN6O. The zero-order valence-electron chi connectivity index (χ0n) is 17.9. The summed E-state index contributed by atoms with van der Waals surface area (Å²) in [5, 5.41) is 7.66. The summed E-state index contributed by atoms with van der Waals surface area (Å²) in [6.07, 6.45) is 4.53. The van der Waals surface area contributed by atoms with Crippen molar-refractivity contribution in [2.45, 2.75) is 51.9 Å². The first-order chi connectivity index (χ1) is 14.0. The van der Waals surface area contributed by atoms with Crippen LogP contribution >= 0.6 is 11.6 Å². The molecule has 0 aromatic carbocycles. The molecule has 29 heavy (non-hydrogen) atoms. The van der Waals surface area contributed by atoms with Crippen LogP contribution in [-0.4, -0.2) is 79.9 Å². The minimum absolute atomic E-state index is 0.319. The van der Waals surface area contributed by atoms with Crippen molar-refractivity contribution >= 4 is 23.4 Å². The van der Waals surface area contributed by atoms with Crippen molar-refractivity contribution in [3.05, 3.63) is 23.4 Å². The Morgan fingerprint density at radius 1 is 1.31 bits per heavy atom. The molecule has 2 fully saturated rings. The largest absolute Gasteiger partial charge is 0.373 e. The molecule has 3 rings (SSSR count). The minimum atomic E-state index is 0.319. The van der Waals surface area contributed by atoms with E-state index in [1.165, 1.54) is 0 Å². The molecule has 162 valence electrons. The van der Waals surface area contributed by atoms with Crippen molar-refractivity contribution in [2.24, 2.45) is 4.99 Å². The summed E-state index contributed by atoms with van der Waals surface area (Å²) in [5.41, 5.74) is 0. The van der Waals surface area contributed by atoms with Gasteiger partial charge in [-0.1, -0.05) is 11.6 Å². The van der Waals surface area contributed by atoms with Crippen LogP contribution in [0.3, 0.4) is 0 Å². The topological polar surface area (TPSA) is 65.0 Å². The number of hydrogen-bond donors (Lipinski definition) is 2. The Morgan fingerprint density at radius 2 is 2.10 bits per heavy atom. The molecule has 3 unspecified atom stereocenters. The van der Waals surface area contributed by atoms with Crippen LogP contribution in [0.1, 0.15) is 33.6 Å². The molecule has 0 radical (unpaired) electrons. The molecule has 0 amide bonds. The third kappa shape index (κ3) is 6.73. The first kappa shape index (κ1) is 22.1. The molecule has 2 aliphatic heterocycles. The van der Waals surface area contributed by atoms with E-state index in [0.29, 0.717) is 23.3 Å². The van der Waals surface area contributed by atoms with Gasteiger partial charge >= 0.3 is 0 Å². The van der Waals surface area contributed by atoms with Gasteiger partial charge in [0.1, 0.15) is 5.82 Å². The van der Waals surface area contributed by atoms with Gasteiger partial charge < -0.3 is 20.3 Å². The number of anilines is 1. The van der Waals surface area contributed by atoms with Crippen molar-refractivity contribution in [1.29, 1.82) is 0 Å². The maximum Gasteiger partial charge on any atom is 0.191 e. The Labute approximate surface area is 179 Å². The molecule has 3 heterocycles. The molecule has 1 aromatic rings. The van der Waals surface area contributed by atoms with Crippen LogP contribution in [0.25, 0.3) is 0 Å². The highest BCUT2D eigenvalue weighted by atomic mass is 35.5. The van der Waals surface area contributed by atoms with Gasteiger partial charge in [0.15, 0.2) is 5.96 Å². The highest BCUT2D eigenvalue weighted by Gasteiger charge is 2.25. The number of hydrogen-bond acceptors (Lipinski definition) is 5. The fourth-order valence-corrected chi connectivity index (χ4v) is 4.39. The monoisotopic (exact) mass is 422 g/mol. The molecule has 0 saturated carbocycles. The van der Waals surface area contributed by atoms with E-state index in [4.69, 9.17) is 21.3 Å². The zero-order chi connectivity index (χ0) is 20.6. The van der Waals surface area contributed by atoms with Crippen molar-refractivity contribution in [1.82, 2.24) is 20.5 Å². The third-order valence-electron chi connectivity index (χ3n) is 5.31. The Bertz CT molecular complexity index is 662. The lowest BCUT2D eigenvalue weighted by Crippen LogP contribution is -2.46. The lowest BCUT2D eigenvalue weighted by atomic mass is 10.2. The van der Waals surface area contributed by atoms with Crippen molar-refractivity contribution < 1.29 is 4.74 Å². The second-order valence-electron chi connectivity index (χ2n) is 8.02. The number of halogens is 1. The van der Waals surface area contributed by atoms with E-state index in [2.05, 4.69) is 46.2 Å². The van der Waals surface area contributed by atoms with Gasteiger partial charge in [-0.25, -0.2) is 4.98 Å². The standard InChI is InChI=1S/C21H35ClN6O/c1-4-23-21(25-10-6-11-27-13-16(2)29-17(3)14-27)26-18-8-12-28(15-18)20-19(22)7-5-9-24-20/h5,7,9,16-18H,4,6,8,10-15H2,1-3H3,(H2,23,25,26). The van der Waals surface area contributed by atoms with Crippen LogP contribution in [-0.2, 0) is 4.74 Å². The molecule has 8 heteroatoms. The fraction of sp³-hybridized carbons (Fsp3) is 0.714. The van der Waals surface area contributed by atoms with Crippen molar-refractivity contribution in [3.8, 4) is 0 Å². The van der Waals surface area contributed by atoms with Crippen LogP contribution in [0.15, 0.2) is 23.3 Å². The molecule has 0 spiro atoms. The number of morpholine rings is 1. The summed E-state index contributed by atoms with van der Waals surface area (Å²) in [6.45, 7) is 13.0. The quantitative estimate of drug-likeness (QED) is 0.399. The number of pyridine rings is 1. The summed E-state index contributed by atoms with van der Waals surface area (Å²) >= 11 is 6.30. The number of ether oxygens (including phenoxy) is 1. The summed E-state index contributed by atoms with van der Waals surface area (Å²) in [5.74, 6) is 1.77. The van der Waals surface area contributed by atoms with E-state index in [9.17, 15) is 0 Å². The molecular weight excluding hydrogens is 388 g/mol. The second-order valence-corrected chi connectivity index (χ2v) is 8.42. The maximum atomic E-state index is 6.30. The van der Waals surface area contributed by atoms with E-state index < -0.39 is 0 Å². The smallest absolute Gasteiger partial charge is 0.191 e.